The molecule has 0 bridgehead atoms. The number of likely N-dealkylation sites (N-methyl/N-ethyl adjacent to an activating group) is 1. The number of aromatic nitrogens is 2. The van der Waals surface area contributed by atoms with Crippen LogP contribution in [0.5, 0.6) is 0 Å². The molecule has 2 aromatic rings. The van der Waals surface area contributed by atoms with Gasteiger partial charge in [0.05, 0.1) is 0 Å². The molecule has 1 aromatic carbocycles. The molecule has 1 atom stereocenters. The Morgan fingerprint density at radius 3 is 2.81 bits per heavy atom. The van der Waals surface area contributed by atoms with E-state index in [0.29, 0.717) is 5.25 Å². The summed E-state index contributed by atoms with van der Waals surface area (Å²) in [5, 5.41) is 3.60. The second-order valence-electron chi connectivity index (χ2n) is 3.28. The lowest BCUT2D eigenvalue weighted by Crippen LogP contribution is -2.14. The SMILES string of the molecule is CNCC(Sc1ncns1)c1ccccc1. The summed E-state index contributed by atoms with van der Waals surface area (Å²) in [6.45, 7) is 0.925. The van der Waals surface area contributed by atoms with Gasteiger partial charge in [-0.2, -0.15) is 4.37 Å². The maximum atomic E-state index is 4.21. The number of nitrogens with zero attached hydrogens (tertiary/aromatic N) is 2. The topological polar surface area (TPSA) is 37.8 Å². The molecule has 0 saturated heterocycles. The number of rotatable bonds is 5. The average molecular weight is 251 g/mol. The van der Waals surface area contributed by atoms with Crippen LogP contribution in [0.4, 0.5) is 0 Å². The summed E-state index contributed by atoms with van der Waals surface area (Å²) in [4.78, 5) is 4.21. The van der Waals surface area contributed by atoms with Crippen molar-refractivity contribution in [3.05, 3.63) is 42.2 Å². The normalized spacial score (nSPS) is 12.6. The van der Waals surface area contributed by atoms with Gasteiger partial charge in [-0.25, -0.2) is 4.98 Å². The fraction of sp³-hybridized carbons (Fsp3) is 0.273. The lowest BCUT2D eigenvalue weighted by atomic mass is 10.1. The van der Waals surface area contributed by atoms with Gasteiger partial charge in [-0.1, -0.05) is 42.1 Å². The van der Waals surface area contributed by atoms with E-state index in [1.807, 2.05) is 13.1 Å². The molecule has 0 aliphatic rings. The highest BCUT2D eigenvalue weighted by Crippen LogP contribution is 2.34. The van der Waals surface area contributed by atoms with Crippen molar-refractivity contribution in [3.63, 3.8) is 0 Å². The molecule has 1 aromatic heterocycles. The van der Waals surface area contributed by atoms with Gasteiger partial charge >= 0.3 is 0 Å². The van der Waals surface area contributed by atoms with E-state index in [1.54, 1.807) is 18.1 Å². The largest absolute Gasteiger partial charge is 0.318 e. The number of nitrogens with one attached hydrogen (secondary N) is 1. The van der Waals surface area contributed by atoms with Crippen LogP contribution in [0.25, 0.3) is 0 Å². The standard InChI is InChI=1S/C11H13N3S2/c1-12-7-10(9-5-3-2-4-6-9)15-11-13-8-14-16-11/h2-6,8,10,12H,7H2,1H3. The lowest BCUT2D eigenvalue weighted by Gasteiger charge is -2.14. The molecule has 3 nitrogen and oxygen atoms in total. The van der Waals surface area contributed by atoms with Crippen LogP contribution in [0.2, 0.25) is 0 Å². The van der Waals surface area contributed by atoms with Crippen molar-refractivity contribution in [1.82, 2.24) is 14.7 Å². The Morgan fingerprint density at radius 2 is 2.19 bits per heavy atom. The Bertz CT molecular complexity index is 402. The van der Waals surface area contributed by atoms with Crippen molar-refractivity contribution in [1.29, 1.82) is 0 Å². The van der Waals surface area contributed by atoms with Crippen LogP contribution < -0.4 is 5.32 Å². The lowest BCUT2D eigenvalue weighted by molar-refractivity contribution is 0.777. The Hall–Kier alpha value is -0.910. The van der Waals surface area contributed by atoms with Gasteiger partial charge in [0.2, 0.25) is 0 Å². The Labute approximate surface area is 103 Å². The van der Waals surface area contributed by atoms with Crippen LogP contribution in [0.1, 0.15) is 10.8 Å². The molecule has 0 aliphatic heterocycles. The molecule has 0 aliphatic carbocycles. The number of hydrogen-bond acceptors (Lipinski definition) is 5. The van der Waals surface area contributed by atoms with Crippen LogP contribution >= 0.6 is 23.3 Å². The minimum Gasteiger partial charge on any atom is -0.318 e. The van der Waals surface area contributed by atoms with E-state index in [4.69, 9.17) is 0 Å². The zero-order valence-corrected chi connectivity index (χ0v) is 10.6. The van der Waals surface area contributed by atoms with Gasteiger partial charge in [0.15, 0.2) is 4.34 Å². The smallest absolute Gasteiger partial charge is 0.170 e. The van der Waals surface area contributed by atoms with Crippen molar-refractivity contribution in [2.45, 2.75) is 9.59 Å². The third kappa shape index (κ3) is 3.04. The van der Waals surface area contributed by atoms with Crippen molar-refractivity contribution in [2.75, 3.05) is 13.6 Å². The van der Waals surface area contributed by atoms with Gasteiger partial charge in [-0.15, -0.1) is 0 Å². The molecule has 0 radical (unpaired) electrons. The molecule has 2 rings (SSSR count). The predicted octanol–water partition coefficient (Wildman–Crippen LogP) is 2.59. The van der Waals surface area contributed by atoms with E-state index in [-0.39, 0.29) is 0 Å². The third-order valence-electron chi connectivity index (χ3n) is 2.15. The van der Waals surface area contributed by atoms with Gasteiger partial charge in [0, 0.05) is 11.8 Å². The first-order chi connectivity index (χ1) is 7.90. The summed E-state index contributed by atoms with van der Waals surface area (Å²) in [7, 11) is 1.97. The number of benzene rings is 1. The van der Waals surface area contributed by atoms with Crippen molar-refractivity contribution in [2.24, 2.45) is 0 Å². The monoisotopic (exact) mass is 251 g/mol. The minimum atomic E-state index is 0.388. The molecule has 16 heavy (non-hydrogen) atoms. The maximum absolute atomic E-state index is 4.21. The molecule has 1 heterocycles. The Morgan fingerprint density at radius 1 is 1.38 bits per heavy atom. The molecule has 1 N–H and O–H groups in total. The van der Waals surface area contributed by atoms with Crippen molar-refractivity contribution in [3.8, 4) is 0 Å². The molecule has 0 spiro atoms. The van der Waals surface area contributed by atoms with Crippen molar-refractivity contribution < 1.29 is 0 Å². The highest BCUT2D eigenvalue weighted by atomic mass is 32.2. The van der Waals surface area contributed by atoms with Crippen LogP contribution in [0.15, 0.2) is 41.0 Å². The first-order valence-corrected chi connectivity index (χ1v) is 6.68. The molecule has 1 unspecified atom stereocenters. The number of thioether (sulfide) groups is 1. The fourth-order valence-corrected chi connectivity index (χ4v) is 3.24. The Kier molecular flexibility index (Phi) is 4.33. The quantitative estimate of drug-likeness (QED) is 0.829. The molecule has 0 fully saturated rings. The van der Waals surface area contributed by atoms with Crippen LogP contribution in [0, 0.1) is 0 Å². The van der Waals surface area contributed by atoms with Gasteiger partial charge in [0.25, 0.3) is 0 Å². The molecule has 84 valence electrons. The average Bonchev–Trinajstić information content (AvgIpc) is 2.83. The minimum absolute atomic E-state index is 0.388. The van der Waals surface area contributed by atoms with E-state index in [9.17, 15) is 0 Å². The summed E-state index contributed by atoms with van der Waals surface area (Å²) in [5.74, 6) is 0. The van der Waals surface area contributed by atoms with E-state index in [2.05, 4.69) is 38.9 Å². The highest BCUT2D eigenvalue weighted by molar-refractivity contribution is 8.01. The van der Waals surface area contributed by atoms with Gasteiger partial charge < -0.3 is 5.32 Å². The van der Waals surface area contributed by atoms with E-state index in [1.165, 1.54) is 17.1 Å². The van der Waals surface area contributed by atoms with E-state index < -0.39 is 0 Å². The first-order valence-electron chi connectivity index (χ1n) is 5.03. The summed E-state index contributed by atoms with van der Waals surface area (Å²) < 4.78 is 5.04. The molecule has 5 heteroatoms. The molecule has 0 saturated carbocycles. The van der Waals surface area contributed by atoms with E-state index >= 15 is 0 Å². The molecular weight excluding hydrogens is 238 g/mol. The Balaban J connectivity index is 2.11. The highest BCUT2D eigenvalue weighted by Gasteiger charge is 2.13. The van der Waals surface area contributed by atoms with Gasteiger partial charge in [-0.05, 0) is 24.1 Å². The van der Waals surface area contributed by atoms with Gasteiger partial charge in [-0.3, -0.25) is 0 Å². The summed E-state index contributed by atoms with van der Waals surface area (Å²) in [6, 6.07) is 10.5. The summed E-state index contributed by atoms with van der Waals surface area (Å²) in [5.41, 5.74) is 1.32. The van der Waals surface area contributed by atoms with Crippen LogP contribution in [0.3, 0.4) is 0 Å². The van der Waals surface area contributed by atoms with Crippen LogP contribution in [-0.4, -0.2) is 22.9 Å². The summed E-state index contributed by atoms with van der Waals surface area (Å²) in [6.07, 6.45) is 1.61. The first kappa shape index (κ1) is 11.6. The van der Waals surface area contributed by atoms with Gasteiger partial charge in [0.1, 0.15) is 6.33 Å². The zero-order valence-electron chi connectivity index (χ0n) is 8.96. The zero-order chi connectivity index (χ0) is 11.2. The fourth-order valence-electron chi connectivity index (χ4n) is 1.42. The van der Waals surface area contributed by atoms with Crippen LogP contribution in [-0.2, 0) is 0 Å². The second-order valence-corrected chi connectivity index (χ2v) is 5.51. The summed E-state index contributed by atoms with van der Waals surface area (Å²) >= 11 is 3.20. The van der Waals surface area contributed by atoms with Crippen molar-refractivity contribution >= 4 is 23.3 Å². The third-order valence-corrected chi connectivity index (χ3v) is 4.15. The second kappa shape index (κ2) is 5.98. The molecular formula is C11H13N3S2. The molecule has 0 amide bonds. The number of hydrogen-bond donors (Lipinski definition) is 1. The predicted molar refractivity (Wildman–Crippen MR) is 68.9 cm³/mol. The maximum Gasteiger partial charge on any atom is 0.170 e. The van der Waals surface area contributed by atoms with E-state index in [0.717, 1.165) is 10.9 Å².